The Morgan fingerprint density at radius 2 is 1.65 bits per heavy atom. The number of rotatable bonds is 3. The number of anilines is 2. The molecule has 0 saturated carbocycles. The Morgan fingerprint density at radius 3 is 2.30 bits per heavy atom. The van der Waals surface area contributed by atoms with E-state index in [1.165, 1.54) is 19.1 Å². The molecule has 0 aliphatic carbocycles. The lowest BCUT2D eigenvalue weighted by molar-refractivity contribution is -0.114. The second-order valence-electron chi connectivity index (χ2n) is 4.58. The Balaban J connectivity index is 2.30. The van der Waals surface area contributed by atoms with Gasteiger partial charge in [0.1, 0.15) is 11.6 Å². The van der Waals surface area contributed by atoms with Crippen molar-refractivity contribution < 1.29 is 18.4 Å². The summed E-state index contributed by atoms with van der Waals surface area (Å²) in [5, 5.41) is 4.41. The van der Waals surface area contributed by atoms with Crippen LogP contribution in [0.15, 0.2) is 30.3 Å². The van der Waals surface area contributed by atoms with Crippen molar-refractivity contribution >= 4 is 46.4 Å². The molecule has 0 aliphatic heterocycles. The van der Waals surface area contributed by atoms with Crippen LogP contribution in [0.3, 0.4) is 0 Å². The van der Waals surface area contributed by atoms with E-state index in [1.54, 1.807) is 0 Å². The number of nitrogens with one attached hydrogen (secondary N) is 2. The first-order chi connectivity index (χ1) is 10.8. The summed E-state index contributed by atoms with van der Waals surface area (Å²) < 4.78 is 27.2. The van der Waals surface area contributed by atoms with Crippen LogP contribution in [0.4, 0.5) is 20.2 Å². The Morgan fingerprint density at radius 1 is 0.957 bits per heavy atom. The molecule has 2 aromatic rings. The smallest absolute Gasteiger partial charge is 0.257 e. The van der Waals surface area contributed by atoms with E-state index >= 15 is 0 Å². The average molecular weight is 359 g/mol. The average Bonchev–Trinajstić information content (AvgIpc) is 2.45. The molecule has 2 amide bonds. The Bertz CT molecular complexity index is 797. The van der Waals surface area contributed by atoms with Crippen molar-refractivity contribution in [1.82, 2.24) is 0 Å². The maximum absolute atomic E-state index is 13.8. The van der Waals surface area contributed by atoms with E-state index in [1.807, 2.05) is 0 Å². The molecular weight excluding hydrogens is 349 g/mol. The van der Waals surface area contributed by atoms with Crippen LogP contribution < -0.4 is 10.6 Å². The largest absolute Gasteiger partial charge is 0.326 e. The molecule has 23 heavy (non-hydrogen) atoms. The second kappa shape index (κ2) is 6.93. The number of amides is 2. The fraction of sp³-hybridized carbons (Fsp3) is 0.0667. The monoisotopic (exact) mass is 358 g/mol. The van der Waals surface area contributed by atoms with E-state index in [0.29, 0.717) is 5.69 Å². The van der Waals surface area contributed by atoms with E-state index < -0.39 is 17.5 Å². The van der Waals surface area contributed by atoms with Gasteiger partial charge in [-0.3, -0.25) is 9.59 Å². The zero-order valence-electron chi connectivity index (χ0n) is 11.7. The maximum Gasteiger partial charge on any atom is 0.257 e. The highest BCUT2D eigenvalue weighted by molar-refractivity contribution is 6.37. The van der Waals surface area contributed by atoms with Crippen LogP contribution in [-0.4, -0.2) is 11.8 Å². The summed E-state index contributed by atoms with van der Waals surface area (Å²) in [5.74, 6) is -2.71. The van der Waals surface area contributed by atoms with E-state index in [4.69, 9.17) is 23.2 Å². The zero-order valence-corrected chi connectivity index (χ0v) is 13.2. The van der Waals surface area contributed by atoms with Crippen molar-refractivity contribution in [3.05, 3.63) is 57.6 Å². The lowest BCUT2D eigenvalue weighted by Gasteiger charge is -2.10. The SMILES string of the molecule is CC(=O)Nc1ccc(F)c(NC(=O)c2cc(F)c(Cl)cc2Cl)c1. The first-order valence-corrected chi connectivity index (χ1v) is 7.06. The van der Waals surface area contributed by atoms with Gasteiger partial charge in [0.05, 0.1) is 21.3 Å². The fourth-order valence-electron chi connectivity index (χ4n) is 1.79. The molecule has 4 nitrogen and oxygen atoms in total. The molecule has 0 aliphatic rings. The number of carbonyl (C=O) groups excluding carboxylic acids is 2. The molecule has 0 radical (unpaired) electrons. The van der Waals surface area contributed by atoms with Crippen LogP contribution in [-0.2, 0) is 4.79 Å². The van der Waals surface area contributed by atoms with Crippen molar-refractivity contribution in [2.24, 2.45) is 0 Å². The highest BCUT2D eigenvalue weighted by Gasteiger charge is 2.16. The Labute approximate surface area is 140 Å². The van der Waals surface area contributed by atoms with Gasteiger partial charge in [0.2, 0.25) is 5.91 Å². The normalized spacial score (nSPS) is 10.3. The first-order valence-electron chi connectivity index (χ1n) is 6.31. The highest BCUT2D eigenvalue weighted by Crippen LogP contribution is 2.26. The molecular formula is C15H10Cl2F2N2O2. The minimum Gasteiger partial charge on any atom is -0.326 e. The third-order valence-electron chi connectivity index (χ3n) is 2.79. The fourth-order valence-corrected chi connectivity index (χ4v) is 2.26. The number of hydrogen-bond acceptors (Lipinski definition) is 2. The van der Waals surface area contributed by atoms with Crippen molar-refractivity contribution in [2.45, 2.75) is 6.92 Å². The number of carbonyl (C=O) groups is 2. The lowest BCUT2D eigenvalue weighted by atomic mass is 10.2. The molecule has 0 atom stereocenters. The highest BCUT2D eigenvalue weighted by atomic mass is 35.5. The van der Waals surface area contributed by atoms with Gasteiger partial charge in [-0.05, 0) is 30.3 Å². The summed E-state index contributed by atoms with van der Waals surface area (Å²) >= 11 is 11.4. The van der Waals surface area contributed by atoms with Crippen molar-refractivity contribution in [1.29, 1.82) is 0 Å². The second-order valence-corrected chi connectivity index (χ2v) is 5.39. The van der Waals surface area contributed by atoms with Crippen molar-refractivity contribution in [2.75, 3.05) is 10.6 Å². The molecule has 0 fully saturated rings. The van der Waals surface area contributed by atoms with Crippen LogP contribution in [0.5, 0.6) is 0 Å². The van der Waals surface area contributed by atoms with Crippen LogP contribution in [0, 0.1) is 11.6 Å². The zero-order chi connectivity index (χ0) is 17.1. The van der Waals surface area contributed by atoms with Gasteiger partial charge >= 0.3 is 0 Å². The van der Waals surface area contributed by atoms with E-state index in [2.05, 4.69) is 10.6 Å². The minimum atomic E-state index is -0.825. The van der Waals surface area contributed by atoms with E-state index in [9.17, 15) is 18.4 Å². The quantitative estimate of drug-likeness (QED) is 0.794. The summed E-state index contributed by atoms with van der Waals surface area (Å²) in [7, 11) is 0. The third-order valence-corrected chi connectivity index (χ3v) is 3.39. The number of hydrogen-bond donors (Lipinski definition) is 2. The Kier molecular flexibility index (Phi) is 5.18. The van der Waals surface area contributed by atoms with Gasteiger partial charge in [-0.15, -0.1) is 0 Å². The molecule has 0 bridgehead atoms. The maximum atomic E-state index is 13.8. The molecule has 2 rings (SSSR count). The number of benzene rings is 2. The van der Waals surface area contributed by atoms with Gasteiger partial charge in [-0.2, -0.15) is 0 Å². The van der Waals surface area contributed by atoms with E-state index in [0.717, 1.165) is 18.2 Å². The summed E-state index contributed by atoms with van der Waals surface area (Å²) in [6.07, 6.45) is 0. The molecule has 0 aromatic heterocycles. The van der Waals surface area contributed by atoms with Gasteiger partial charge in [0, 0.05) is 12.6 Å². The summed E-state index contributed by atoms with van der Waals surface area (Å²) in [5.41, 5.74) is -0.0897. The topological polar surface area (TPSA) is 58.2 Å². The van der Waals surface area contributed by atoms with Gasteiger partial charge in [-0.25, -0.2) is 8.78 Å². The van der Waals surface area contributed by atoms with Crippen molar-refractivity contribution in [3.63, 3.8) is 0 Å². The van der Waals surface area contributed by atoms with Gasteiger partial charge in [0.25, 0.3) is 5.91 Å². The number of halogens is 4. The van der Waals surface area contributed by atoms with Gasteiger partial charge in [-0.1, -0.05) is 23.2 Å². The first kappa shape index (κ1) is 17.2. The van der Waals surface area contributed by atoms with Gasteiger partial charge in [0.15, 0.2) is 0 Å². The molecule has 2 aromatic carbocycles. The molecule has 2 N–H and O–H groups in total. The molecule has 0 heterocycles. The van der Waals surface area contributed by atoms with Crippen molar-refractivity contribution in [3.8, 4) is 0 Å². The third kappa shape index (κ3) is 4.18. The Hall–Kier alpha value is -2.18. The van der Waals surface area contributed by atoms with Gasteiger partial charge < -0.3 is 10.6 Å². The predicted octanol–water partition coefficient (Wildman–Crippen LogP) is 4.48. The molecule has 0 saturated heterocycles. The van der Waals surface area contributed by atoms with E-state index in [-0.39, 0.29) is 27.2 Å². The van der Waals surface area contributed by atoms with Crippen LogP contribution >= 0.6 is 23.2 Å². The van der Waals surface area contributed by atoms with Crippen LogP contribution in [0.2, 0.25) is 10.0 Å². The lowest BCUT2D eigenvalue weighted by Crippen LogP contribution is -2.14. The summed E-state index contributed by atoms with van der Waals surface area (Å²) in [6, 6.07) is 5.58. The molecule has 8 heteroatoms. The minimum absolute atomic E-state index is 0.0766. The van der Waals surface area contributed by atoms with Crippen LogP contribution in [0.1, 0.15) is 17.3 Å². The molecule has 120 valence electrons. The van der Waals surface area contributed by atoms with Crippen LogP contribution in [0.25, 0.3) is 0 Å². The molecule has 0 unspecified atom stereocenters. The molecule has 0 spiro atoms. The standard InChI is InChI=1S/C15H10Cl2F2N2O2/c1-7(22)20-8-2-3-12(18)14(4-8)21-15(23)9-5-13(19)11(17)6-10(9)16/h2-6H,1H3,(H,20,22)(H,21,23). The predicted molar refractivity (Wildman–Crippen MR) is 85.1 cm³/mol. The summed E-state index contributed by atoms with van der Waals surface area (Å²) in [4.78, 5) is 23.1. The summed E-state index contributed by atoms with van der Waals surface area (Å²) in [6.45, 7) is 1.29.